The number of aliphatic hydroxyl groups excluding tert-OH is 3. The maximum absolute atomic E-state index is 15.5. The van der Waals surface area contributed by atoms with E-state index >= 15 is 9.59 Å². The smallest absolute Gasteiger partial charge is 0.407 e. The number of carbonyl (C=O) groups is 12. The monoisotopic (exact) mass is 1790 g/mol. The zero-order valence-corrected chi connectivity index (χ0v) is 74.5. The number of hydrogen-bond donors (Lipinski definition) is 11. The quantitative estimate of drug-likeness (QED) is 0.00987. The second-order valence-electron chi connectivity index (χ2n) is 34.9. The van der Waals surface area contributed by atoms with Crippen LogP contribution in [0.1, 0.15) is 222 Å². The Morgan fingerprint density at radius 3 is 1.47 bits per heavy atom. The first-order valence-corrected chi connectivity index (χ1v) is 46.0. The Labute approximate surface area is 754 Å². The molecule has 10 rings (SSSR count). The molecule has 8 amide bonds. The summed E-state index contributed by atoms with van der Waals surface area (Å²) in [6, 6.07) is 27.9. The van der Waals surface area contributed by atoms with Gasteiger partial charge in [0.25, 0.3) is 0 Å². The number of aliphatic carboxylic acids is 1. The van der Waals surface area contributed by atoms with Gasteiger partial charge < -0.3 is 101 Å². The average molecular weight is 1790 g/mol. The van der Waals surface area contributed by atoms with Crippen molar-refractivity contribution in [3.8, 4) is 11.1 Å². The van der Waals surface area contributed by atoms with E-state index in [-0.39, 0.29) is 90.7 Å². The van der Waals surface area contributed by atoms with Crippen LogP contribution in [0.15, 0.2) is 140 Å². The molecular weight excluding hydrogens is 1660 g/mol. The average Bonchev–Trinajstić information content (AvgIpc) is 1.61. The van der Waals surface area contributed by atoms with E-state index in [1.807, 2.05) is 78.9 Å². The van der Waals surface area contributed by atoms with Gasteiger partial charge in [-0.3, -0.25) is 33.6 Å². The number of carbonyl (C=O) groups excluding carboxylic acids is 11. The molecule has 2 saturated heterocycles. The first kappa shape index (κ1) is 100. The molecule has 2 aliphatic heterocycles. The van der Waals surface area contributed by atoms with Crippen LogP contribution in [0.2, 0.25) is 0 Å². The van der Waals surface area contributed by atoms with E-state index in [0.717, 1.165) is 121 Å². The number of alkyl carbamates (subject to hydrolysis) is 1. The zero-order chi connectivity index (χ0) is 92.3. The number of hydrogen-bond acceptors (Lipinski definition) is 23. The van der Waals surface area contributed by atoms with Crippen LogP contribution in [0, 0.1) is 5.92 Å². The largest absolute Gasteiger partial charge is 0.480 e. The Morgan fingerprint density at radius 2 is 0.953 bits per heavy atom. The number of fused-ring (bicyclic) bond motifs is 3. The fourth-order valence-electron chi connectivity index (χ4n) is 17.4. The summed E-state index contributed by atoms with van der Waals surface area (Å²) >= 11 is 0. The third-order valence-corrected chi connectivity index (χ3v) is 24.4. The van der Waals surface area contributed by atoms with Gasteiger partial charge in [-0.05, 0) is 149 Å². The van der Waals surface area contributed by atoms with Crippen molar-refractivity contribution in [2.24, 2.45) is 11.7 Å². The number of aliphatic hydroxyl groups is 3. The highest BCUT2D eigenvalue weighted by molar-refractivity contribution is 5.99. The minimum absolute atomic E-state index is 0.00810. The molecule has 0 radical (unpaired) electrons. The number of nitrogens with two attached hydrogens (primary N) is 1. The Balaban J connectivity index is 0.846. The van der Waals surface area contributed by atoms with Crippen LogP contribution in [-0.4, -0.2) is 232 Å². The van der Waals surface area contributed by atoms with Crippen LogP contribution >= 0.6 is 0 Å². The second-order valence-corrected chi connectivity index (χ2v) is 34.9. The van der Waals surface area contributed by atoms with Crippen molar-refractivity contribution in [1.82, 2.24) is 41.7 Å². The van der Waals surface area contributed by atoms with Gasteiger partial charge in [-0.25, -0.2) is 24.0 Å². The fraction of sp³-hybridized carbons (Fsp3) is 0.567. The summed E-state index contributed by atoms with van der Waals surface area (Å²) in [7, 11) is 0. The van der Waals surface area contributed by atoms with E-state index in [9.17, 15) is 68.4 Å². The van der Waals surface area contributed by atoms with Gasteiger partial charge in [0.2, 0.25) is 41.4 Å². The lowest BCUT2D eigenvalue weighted by Crippen LogP contribution is -2.61. The van der Waals surface area contributed by atoms with Crippen molar-refractivity contribution in [3.63, 3.8) is 0 Å². The van der Waals surface area contributed by atoms with E-state index in [1.165, 1.54) is 13.8 Å². The van der Waals surface area contributed by atoms with Gasteiger partial charge in [0, 0.05) is 25.6 Å². The topological polar surface area (TPSA) is 455 Å². The van der Waals surface area contributed by atoms with Crippen LogP contribution in [0.3, 0.4) is 0 Å². The summed E-state index contributed by atoms with van der Waals surface area (Å²) in [4.78, 5) is 176. The van der Waals surface area contributed by atoms with Gasteiger partial charge >= 0.3 is 30.0 Å². The molecule has 5 aliphatic rings. The van der Waals surface area contributed by atoms with Gasteiger partial charge in [-0.2, -0.15) is 0 Å². The molecule has 2 heterocycles. The van der Waals surface area contributed by atoms with Gasteiger partial charge in [0.05, 0.1) is 51.2 Å². The van der Waals surface area contributed by atoms with Gasteiger partial charge in [0.15, 0.2) is 24.3 Å². The molecule has 129 heavy (non-hydrogen) atoms. The molecule has 14 atom stereocenters. The van der Waals surface area contributed by atoms with Crippen molar-refractivity contribution in [2.45, 2.75) is 311 Å². The number of carboxylic acids is 1. The highest BCUT2D eigenvalue weighted by atomic mass is 16.6. The van der Waals surface area contributed by atoms with Crippen molar-refractivity contribution in [2.75, 3.05) is 32.8 Å². The highest BCUT2D eigenvalue weighted by Crippen LogP contribution is 2.45. The lowest BCUT2D eigenvalue weighted by Gasteiger charge is -2.32. The van der Waals surface area contributed by atoms with Gasteiger partial charge in [-0.15, -0.1) is 0 Å². The molecule has 5 aromatic carbocycles. The molecule has 2 saturated carbocycles. The summed E-state index contributed by atoms with van der Waals surface area (Å²) in [5.41, 5.74) is 12.3. The van der Waals surface area contributed by atoms with Crippen LogP contribution < -0.4 is 37.6 Å². The number of rotatable bonds is 50. The molecule has 5 aromatic rings. The molecule has 3 aliphatic carbocycles. The molecule has 0 bridgehead atoms. The number of likely N-dealkylation sites (tertiary alicyclic amines) is 2. The Kier molecular flexibility index (Phi) is 40.2. The number of nitrogens with zero attached hydrogens (tertiary/aromatic N) is 2. The maximum Gasteiger partial charge on any atom is 0.407 e. The van der Waals surface area contributed by atoms with Crippen molar-refractivity contribution < 1.29 is 111 Å². The van der Waals surface area contributed by atoms with E-state index in [4.69, 9.17) is 38.9 Å². The fourth-order valence-corrected chi connectivity index (χ4v) is 17.4. The molecule has 4 fully saturated rings. The first-order valence-electron chi connectivity index (χ1n) is 46.0. The Hall–Kier alpha value is -10.7. The number of unbranched alkanes of at least 4 members (excludes halogenated alkanes) is 7. The summed E-state index contributed by atoms with van der Waals surface area (Å²) in [5, 5.41) is 60.7. The van der Waals surface area contributed by atoms with E-state index < -0.39 is 175 Å². The molecule has 0 unspecified atom stereocenters. The minimum atomic E-state index is -2.12. The minimum Gasteiger partial charge on any atom is -0.480 e. The Morgan fingerprint density at radius 1 is 0.481 bits per heavy atom. The molecular formula is C97H131N9O23. The summed E-state index contributed by atoms with van der Waals surface area (Å²) in [6.07, 6.45) is 1.46. The first-order chi connectivity index (χ1) is 62.2. The molecule has 12 N–H and O–H groups in total. The van der Waals surface area contributed by atoms with Gasteiger partial charge in [-0.1, -0.05) is 218 Å². The lowest BCUT2D eigenvalue weighted by molar-refractivity contribution is -0.176. The number of carboxylic acid groups (broad SMARTS) is 1. The standard InChI is InChI=1S/C97H131N9O23/c1-61(2)33-16-9-7-5-6-8-10-23-44-69(129-94(119)82(86(125-58-66-38-21-13-22-39-66)96(121)128-68-42-26-15-27-43-68)104-90(114)84-78(109)51-54-106(84)92(116)75(98)60-123-56-64-34-17-11-18-35-64)55-79(110)102-80(63(4)107)88(112)100-62(3)91(115)105-53-50-77(108)83(105)89(113)101-76(49-32-52-99-97(122)126-59-74-72-47-30-28-45-70(72)71-46-29-31-48-73(71)74)87(111)103-81(93(117)118)85(124-57-65-36-19-12-20-37-65)95(120)127-67-40-24-14-25-41-67/h11-13,17-22,28-31,34-39,45-48,61-63,67-69,74-78,80-86,107-109H,5-10,14-16,23-27,32-33,40-44,49-60,98H2,1-4H3,(H,99,122)(H,100,112)(H,101,113)(H,102,110)(H,103,111)(H,104,114)(H,117,118)/t62-,63-,69-,75-,76+,77+,78+,80-,81-,82+,83+,84+,85-,86+/m1/s1. The molecule has 0 spiro atoms. The van der Waals surface area contributed by atoms with Crippen LogP contribution in [0.5, 0.6) is 0 Å². The number of ether oxygens (including phenoxy) is 7. The van der Waals surface area contributed by atoms with Gasteiger partial charge in [0.1, 0.15) is 61.2 Å². The maximum atomic E-state index is 15.5. The van der Waals surface area contributed by atoms with Crippen molar-refractivity contribution in [1.29, 1.82) is 0 Å². The summed E-state index contributed by atoms with van der Waals surface area (Å²) in [5.74, 6) is -11.8. The Bertz CT molecular complexity index is 4410. The summed E-state index contributed by atoms with van der Waals surface area (Å²) < 4.78 is 42.1. The molecule has 32 heteroatoms. The van der Waals surface area contributed by atoms with E-state index in [0.29, 0.717) is 55.6 Å². The zero-order valence-electron chi connectivity index (χ0n) is 74.5. The predicted molar refractivity (Wildman–Crippen MR) is 475 cm³/mol. The number of amides is 8. The third-order valence-electron chi connectivity index (χ3n) is 24.4. The third kappa shape index (κ3) is 30.4. The van der Waals surface area contributed by atoms with Crippen molar-refractivity contribution >= 4 is 71.3 Å². The van der Waals surface area contributed by atoms with Crippen LogP contribution in [-0.2, 0) is 106 Å². The number of esters is 3. The van der Waals surface area contributed by atoms with E-state index in [2.05, 4.69) is 45.7 Å². The van der Waals surface area contributed by atoms with Crippen molar-refractivity contribution in [3.05, 3.63) is 167 Å². The highest BCUT2D eigenvalue weighted by Gasteiger charge is 2.49. The SMILES string of the molecule is CC(C)CCCCCCCCCC[C@H](CC(=O)N[C@@H](C(=O)N[C@H](C)C(=O)N1CC[C@H](O)[C@H]1C(=O)N[C@@H](CCCNC(=O)OCC1c2ccccc2-c2ccccc21)C(=O)N[C@@H](C(=O)O)[C@@H](OCc1ccccc1)C(=O)OC1CCCCC1)[C@@H](C)O)OC(=O)[C@@H](NC(=O)[C@@H]1[C@@H](O)CCN1C(=O)[C@H](N)COCc1ccccc1)[C@H](OCc1ccccc1)C(=O)OC1CCCCC1. The van der Waals surface area contributed by atoms with Crippen LogP contribution in [0.25, 0.3) is 11.1 Å². The van der Waals surface area contributed by atoms with Crippen LogP contribution in [0.4, 0.5) is 4.79 Å². The number of nitrogens with one attached hydrogen (secondary N) is 6. The molecule has 702 valence electrons. The predicted octanol–water partition coefficient (Wildman–Crippen LogP) is 8.46. The number of benzene rings is 5. The lowest BCUT2D eigenvalue weighted by atomic mass is 9.97. The van der Waals surface area contributed by atoms with E-state index in [1.54, 1.807) is 60.7 Å². The second kappa shape index (κ2) is 51.6. The molecule has 32 nitrogen and oxygen atoms in total. The normalized spacial score (nSPS) is 19.3. The summed E-state index contributed by atoms with van der Waals surface area (Å²) in [6.45, 7) is 5.51. The molecule has 0 aromatic heterocycles.